The normalized spacial score (nSPS) is 11.3. The average Bonchev–Trinajstić information content (AvgIpc) is 2.64. The van der Waals surface area contributed by atoms with Crippen LogP contribution in [0.5, 0.6) is 0 Å². The number of thioether (sulfide) groups is 1. The lowest BCUT2D eigenvalue weighted by atomic mass is 9.95. The van der Waals surface area contributed by atoms with E-state index in [4.69, 9.17) is 4.74 Å². The van der Waals surface area contributed by atoms with Crippen molar-refractivity contribution in [2.75, 3.05) is 18.9 Å². The first-order chi connectivity index (χ1) is 13.0. The van der Waals surface area contributed by atoms with Crippen LogP contribution in [0.15, 0.2) is 0 Å². The van der Waals surface area contributed by atoms with Gasteiger partial charge in [0.25, 0.3) is 5.24 Å². The molecule has 0 aliphatic heterocycles. The second-order valence-corrected chi connectivity index (χ2v) is 8.12. The highest BCUT2D eigenvalue weighted by atomic mass is 32.2. The predicted octanol–water partition coefficient (Wildman–Crippen LogP) is 7.21. The highest BCUT2D eigenvalue weighted by Crippen LogP contribution is 2.17. The van der Waals surface area contributed by atoms with Crippen LogP contribution < -0.4 is 5.32 Å². The maximum absolute atomic E-state index is 11.9. The average molecular weight is 406 g/mol. The number of amides is 1. The summed E-state index contributed by atoms with van der Waals surface area (Å²) in [5, 5.41) is 3.03. The summed E-state index contributed by atoms with van der Waals surface area (Å²) in [5.41, 5.74) is 0. The molecule has 1 N–H and O–H groups in total. The minimum atomic E-state index is -0.176. The Kier molecular flexibility index (Phi) is 24.6. The topological polar surface area (TPSA) is 55.4 Å². The molecule has 5 heteroatoms. The number of nitrogens with one attached hydrogen (secondary N) is 1. The van der Waals surface area contributed by atoms with Gasteiger partial charge in [-0.2, -0.15) is 0 Å². The van der Waals surface area contributed by atoms with Gasteiger partial charge in [-0.1, -0.05) is 91.3 Å². The molecule has 0 saturated heterocycles. The summed E-state index contributed by atoms with van der Waals surface area (Å²) in [5.74, 6) is 0.941. The molecule has 0 aromatic heterocycles. The van der Waals surface area contributed by atoms with Crippen LogP contribution in [-0.2, 0) is 9.53 Å². The summed E-state index contributed by atoms with van der Waals surface area (Å²) in [7, 11) is 0. The summed E-state index contributed by atoms with van der Waals surface area (Å²) in [6.07, 6.45) is 12.5. The molecular weight excluding hydrogens is 358 g/mol. The number of unbranched alkanes of at least 4 members (excludes halogenated alkanes) is 4. The van der Waals surface area contributed by atoms with Gasteiger partial charge in [0.1, 0.15) is 6.61 Å². The minimum Gasteiger partial charge on any atom is -0.465 e. The molecule has 0 rings (SSSR count). The monoisotopic (exact) mass is 405 g/mol. The van der Waals surface area contributed by atoms with Crippen molar-refractivity contribution in [3.8, 4) is 0 Å². The minimum absolute atomic E-state index is 0. The molecule has 0 fully saturated rings. The fraction of sp³-hybridized carbons (Fsp3) is 0.909. The first-order valence-corrected chi connectivity index (χ1v) is 12.1. The molecule has 0 aliphatic carbocycles. The van der Waals surface area contributed by atoms with Gasteiger partial charge in [0.05, 0.1) is 0 Å². The molecule has 0 aromatic carbocycles. The molecule has 27 heavy (non-hydrogen) atoms. The quantitative estimate of drug-likeness (QED) is 0.231. The van der Waals surface area contributed by atoms with Crippen LogP contribution in [0.2, 0.25) is 0 Å². The molecular formula is C22H47NO3S. The zero-order chi connectivity index (χ0) is 20.8. The largest absolute Gasteiger partial charge is 0.465 e. The zero-order valence-electron chi connectivity index (χ0n) is 18.6. The van der Waals surface area contributed by atoms with Crippen LogP contribution in [0.25, 0.3) is 0 Å². The Bertz CT molecular complexity index is 344. The van der Waals surface area contributed by atoms with Crippen LogP contribution in [-0.4, -0.2) is 30.1 Å². The molecule has 1 atom stereocenters. The molecule has 0 spiro atoms. The fourth-order valence-corrected chi connectivity index (χ4v) is 3.08. The second kappa shape index (κ2) is 23.3. The number of ether oxygens (including phenoxy) is 1. The van der Waals surface area contributed by atoms with Gasteiger partial charge in [0.15, 0.2) is 0 Å². The maximum atomic E-state index is 11.9. The molecule has 164 valence electrons. The van der Waals surface area contributed by atoms with Gasteiger partial charge in [-0.05, 0) is 25.2 Å². The summed E-state index contributed by atoms with van der Waals surface area (Å²) < 4.78 is 5.05. The summed E-state index contributed by atoms with van der Waals surface area (Å²) in [6.45, 7) is 11.7. The lowest BCUT2D eigenvalue weighted by Crippen LogP contribution is -2.27. The van der Waals surface area contributed by atoms with E-state index in [1.165, 1.54) is 69.5 Å². The van der Waals surface area contributed by atoms with Crippen molar-refractivity contribution >= 4 is 23.0 Å². The number of hydrogen-bond acceptors (Lipinski definition) is 4. The van der Waals surface area contributed by atoms with Crippen molar-refractivity contribution in [2.24, 2.45) is 5.92 Å². The van der Waals surface area contributed by atoms with Crippen molar-refractivity contribution in [3.63, 3.8) is 0 Å². The Balaban J connectivity index is -0.00000146. The molecule has 1 unspecified atom stereocenters. The Morgan fingerprint density at radius 2 is 1.56 bits per heavy atom. The van der Waals surface area contributed by atoms with Crippen LogP contribution in [0.4, 0.5) is 4.79 Å². The molecule has 0 saturated carbocycles. The number of carbonyl (C=O) groups excluding carboxylic acids is 2. The first-order valence-electron chi connectivity index (χ1n) is 11.1. The van der Waals surface area contributed by atoms with E-state index in [-0.39, 0.29) is 12.6 Å². The van der Waals surface area contributed by atoms with Gasteiger partial charge in [0.2, 0.25) is 0 Å². The standard InChI is InChI=1S/C19H37NO3S.C3H8.H2/c1-4-7-9-10-13-17(12-8-5-2)16-20-19(22)24-15-14-23-18(21)11-6-3;1-3-2;/h17H,4-16H2,1-3H3,(H,20,22);3H2,1-2H3;1H. The smallest absolute Gasteiger partial charge is 0.305 e. The summed E-state index contributed by atoms with van der Waals surface area (Å²) in [4.78, 5) is 23.1. The number of rotatable bonds is 15. The Hall–Kier alpha value is -0.710. The molecule has 4 nitrogen and oxygen atoms in total. The first kappa shape index (κ1) is 28.5. The lowest BCUT2D eigenvalue weighted by molar-refractivity contribution is -0.143. The number of carbonyl (C=O) groups is 2. The van der Waals surface area contributed by atoms with Crippen LogP contribution in [0.3, 0.4) is 0 Å². The van der Waals surface area contributed by atoms with Crippen molar-refractivity contribution < 1.29 is 15.8 Å². The molecule has 1 amide bonds. The molecule has 0 radical (unpaired) electrons. The van der Waals surface area contributed by atoms with Crippen molar-refractivity contribution in [1.82, 2.24) is 5.32 Å². The van der Waals surface area contributed by atoms with Gasteiger partial charge in [-0.25, -0.2) is 0 Å². The van der Waals surface area contributed by atoms with Crippen LogP contribution in [0, 0.1) is 5.92 Å². The Morgan fingerprint density at radius 3 is 2.15 bits per heavy atom. The third kappa shape index (κ3) is 23.3. The highest BCUT2D eigenvalue weighted by Gasteiger charge is 2.11. The van der Waals surface area contributed by atoms with Gasteiger partial charge in [0, 0.05) is 20.1 Å². The Morgan fingerprint density at radius 1 is 0.926 bits per heavy atom. The lowest BCUT2D eigenvalue weighted by Gasteiger charge is -2.17. The SMILES string of the molecule is CCC.CCCCCCC(CCCC)CNC(=O)SCCOC(=O)CCC.[HH]. The maximum Gasteiger partial charge on any atom is 0.305 e. The predicted molar refractivity (Wildman–Crippen MR) is 122 cm³/mol. The molecule has 0 bridgehead atoms. The molecule has 0 aromatic rings. The van der Waals surface area contributed by atoms with E-state index in [0.29, 0.717) is 24.7 Å². The van der Waals surface area contributed by atoms with E-state index in [1.807, 2.05) is 6.92 Å². The second-order valence-electron chi connectivity index (χ2n) is 7.05. The third-order valence-electron chi connectivity index (χ3n) is 4.00. The zero-order valence-corrected chi connectivity index (χ0v) is 19.4. The van der Waals surface area contributed by atoms with Crippen LogP contribution in [0.1, 0.15) is 107 Å². The van der Waals surface area contributed by atoms with E-state index in [1.54, 1.807) is 0 Å². The third-order valence-corrected chi connectivity index (χ3v) is 4.78. The highest BCUT2D eigenvalue weighted by molar-refractivity contribution is 8.13. The number of hydrogen-bond donors (Lipinski definition) is 1. The fourth-order valence-electron chi connectivity index (χ4n) is 2.55. The van der Waals surface area contributed by atoms with E-state index < -0.39 is 0 Å². The number of esters is 1. The molecule has 0 aliphatic rings. The van der Waals surface area contributed by atoms with E-state index in [2.05, 4.69) is 33.0 Å². The van der Waals surface area contributed by atoms with Crippen molar-refractivity contribution in [2.45, 2.75) is 105 Å². The van der Waals surface area contributed by atoms with Crippen molar-refractivity contribution in [3.05, 3.63) is 0 Å². The van der Waals surface area contributed by atoms with E-state index in [9.17, 15) is 9.59 Å². The summed E-state index contributed by atoms with van der Waals surface area (Å²) >= 11 is 1.21. The van der Waals surface area contributed by atoms with Crippen molar-refractivity contribution in [1.29, 1.82) is 0 Å². The Labute approximate surface area is 174 Å². The van der Waals surface area contributed by atoms with Gasteiger partial charge < -0.3 is 10.1 Å². The van der Waals surface area contributed by atoms with Gasteiger partial charge in [-0.15, -0.1) is 0 Å². The van der Waals surface area contributed by atoms with E-state index >= 15 is 0 Å². The molecule has 0 heterocycles. The van der Waals surface area contributed by atoms with Gasteiger partial charge >= 0.3 is 5.97 Å². The van der Waals surface area contributed by atoms with Gasteiger partial charge in [-0.3, -0.25) is 9.59 Å². The van der Waals surface area contributed by atoms with E-state index in [0.717, 1.165) is 13.0 Å². The summed E-state index contributed by atoms with van der Waals surface area (Å²) in [6, 6.07) is 0. The van der Waals surface area contributed by atoms with Crippen LogP contribution >= 0.6 is 11.8 Å².